The lowest BCUT2D eigenvalue weighted by Crippen LogP contribution is -2.66. The monoisotopic (exact) mass is 419 g/mol. The maximum Gasteiger partial charge on any atom is 0.328 e. The molecule has 4 rings (SSSR count). The van der Waals surface area contributed by atoms with Crippen LogP contribution in [0.3, 0.4) is 0 Å². The maximum absolute atomic E-state index is 13.0. The van der Waals surface area contributed by atoms with E-state index < -0.39 is 0 Å². The lowest BCUT2D eigenvalue weighted by atomic mass is 10.1. The van der Waals surface area contributed by atoms with Crippen LogP contribution < -0.4 is 10.2 Å². The van der Waals surface area contributed by atoms with Crippen molar-refractivity contribution in [2.75, 3.05) is 31.6 Å². The number of carbonyl (C=O) groups is 2. The van der Waals surface area contributed by atoms with Crippen molar-refractivity contribution in [3.8, 4) is 0 Å². The second-order valence-electron chi connectivity index (χ2n) is 6.82. The van der Waals surface area contributed by atoms with Gasteiger partial charge < -0.3 is 9.80 Å². The Morgan fingerprint density at radius 3 is 2.69 bits per heavy atom. The highest BCUT2D eigenvalue weighted by Gasteiger charge is 2.55. The molecule has 3 atom stereocenters. The maximum atomic E-state index is 13.0. The summed E-state index contributed by atoms with van der Waals surface area (Å²) in [6, 6.07) is 7.52. The van der Waals surface area contributed by atoms with Crippen LogP contribution in [0.4, 0.5) is 10.5 Å². The Morgan fingerprint density at radius 2 is 2.00 bits per heavy atom. The van der Waals surface area contributed by atoms with E-state index in [9.17, 15) is 9.59 Å². The zero-order valence-corrected chi connectivity index (χ0v) is 16.2. The number of amides is 3. The van der Waals surface area contributed by atoms with E-state index in [1.54, 1.807) is 18.0 Å². The van der Waals surface area contributed by atoms with Crippen LogP contribution in [0.15, 0.2) is 41.4 Å². The van der Waals surface area contributed by atoms with Gasteiger partial charge in [-0.3, -0.25) is 19.9 Å². The van der Waals surface area contributed by atoms with Gasteiger partial charge in [-0.05, 0) is 30.7 Å². The highest BCUT2D eigenvalue weighted by Crippen LogP contribution is 2.33. The molecule has 3 aliphatic heterocycles. The van der Waals surface area contributed by atoms with E-state index in [1.807, 2.05) is 12.1 Å². The molecule has 138 valence electrons. The molecule has 0 spiro atoms. The predicted octanol–water partition coefficient (Wildman–Crippen LogP) is 1.62. The van der Waals surface area contributed by atoms with Crippen molar-refractivity contribution < 1.29 is 9.59 Å². The van der Waals surface area contributed by atoms with Crippen molar-refractivity contribution in [3.63, 3.8) is 0 Å². The topological polar surface area (TPSA) is 59.1 Å². The first-order chi connectivity index (χ1) is 12.5. The zero-order valence-electron chi connectivity index (χ0n) is 14.6. The summed E-state index contributed by atoms with van der Waals surface area (Å²) >= 11 is 3.47. The van der Waals surface area contributed by atoms with Gasteiger partial charge in [0.05, 0.1) is 0 Å². The minimum absolute atomic E-state index is 0.109. The summed E-state index contributed by atoms with van der Waals surface area (Å²) in [5.41, 5.74) is 1.10. The molecular formula is C18H22BrN5O2. The molecule has 7 nitrogen and oxygen atoms in total. The summed E-state index contributed by atoms with van der Waals surface area (Å²) < 4.78 is 1.03. The first kappa shape index (κ1) is 17.5. The fourth-order valence-electron chi connectivity index (χ4n) is 4.11. The van der Waals surface area contributed by atoms with Crippen molar-refractivity contribution in [2.45, 2.75) is 24.9 Å². The number of hydrogen-bond acceptors (Lipinski definition) is 5. The van der Waals surface area contributed by atoms with Crippen molar-refractivity contribution in [3.05, 3.63) is 41.4 Å². The molecule has 0 aromatic heterocycles. The molecule has 0 radical (unpaired) electrons. The SMILES string of the molecule is C=CCN1C(=O)C2C(NC3N(c4ccc(Br)cc4)CCCN23)N(C)C1=O. The predicted molar refractivity (Wildman–Crippen MR) is 102 cm³/mol. The van der Waals surface area contributed by atoms with Crippen LogP contribution >= 0.6 is 15.9 Å². The molecule has 3 aliphatic rings. The average Bonchev–Trinajstić information content (AvgIpc) is 3.04. The van der Waals surface area contributed by atoms with E-state index >= 15 is 0 Å². The summed E-state index contributed by atoms with van der Waals surface area (Å²) in [5, 5.41) is 3.50. The number of anilines is 1. The number of fused-ring (bicyclic) bond motifs is 3. The molecular weight excluding hydrogens is 398 g/mol. The normalized spacial score (nSPS) is 29.0. The van der Waals surface area contributed by atoms with Gasteiger partial charge in [-0.25, -0.2) is 4.79 Å². The molecule has 3 unspecified atom stereocenters. The molecule has 0 bridgehead atoms. The number of hydrogen-bond donors (Lipinski definition) is 1. The van der Waals surface area contributed by atoms with Crippen LogP contribution in [0.2, 0.25) is 0 Å². The van der Waals surface area contributed by atoms with Crippen molar-refractivity contribution in [1.29, 1.82) is 0 Å². The highest BCUT2D eigenvalue weighted by atomic mass is 79.9. The minimum atomic E-state index is -0.374. The van der Waals surface area contributed by atoms with Gasteiger partial charge >= 0.3 is 6.03 Å². The van der Waals surface area contributed by atoms with Crippen molar-refractivity contribution in [2.24, 2.45) is 0 Å². The van der Waals surface area contributed by atoms with E-state index in [1.165, 1.54) is 4.90 Å². The fourth-order valence-corrected chi connectivity index (χ4v) is 4.38. The second-order valence-corrected chi connectivity index (χ2v) is 7.74. The van der Waals surface area contributed by atoms with Crippen molar-refractivity contribution in [1.82, 2.24) is 20.0 Å². The van der Waals surface area contributed by atoms with Crippen LogP contribution in [0, 0.1) is 0 Å². The Morgan fingerprint density at radius 1 is 1.27 bits per heavy atom. The van der Waals surface area contributed by atoms with E-state index in [0.717, 1.165) is 29.7 Å². The van der Waals surface area contributed by atoms with E-state index in [0.29, 0.717) is 0 Å². The number of rotatable bonds is 3. The van der Waals surface area contributed by atoms with Gasteiger partial charge in [-0.1, -0.05) is 22.0 Å². The highest BCUT2D eigenvalue weighted by molar-refractivity contribution is 9.10. The number of nitrogens with zero attached hydrogens (tertiary/aromatic N) is 4. The third-order valence-electron chi connectivity index (χ3n) is 5.34. The van der Waals surface area contributed by atoms with Gasteiger partial charge in [0.2, 0.25) is 0 Å². The first-order valence-corrected chi connectivity index (χ1v) is 9.55. The number of benzene rings is 1. The van der Waals surface area contributed by atoms with Gasteiger partial charge in [0, 0.05) is 36.8 Å². The largest absolute Gasteiger partial charge is 0.343 e. The Kier molecular flexibility index (Phi) is 4.50. The quantitative estimate of drug-likeness (QED) is 0.754. The van der Waals surface area contributed by atoms with E-state index in [4.69, 9.17) is 0 Å². The number of likely N-dealkylation sites (N-methyl/N-ethyl adjacent to an activating group) is 1. The molecule has 1 aromatic carbocycles. The lowest BCUT2D eigenvalue weighted by Gasteiger charge is -2.43. The van der Waals surface area contributed by atoms with Gasteiger partial charge in [0.15, 0.2) is 0 Å². The average molecular weight is 420 g/mol. The number of urea groups is 1. The molecule has 1 N–H and O–H groups in total. The second kappa shape index (κ2) is 6.68. The van der Waals surface area contributed by atoms with E-state index in [-0.39, 0.29) is 37.0 Å². The van der Waals surface area contributed by atoms with Gasteiger partial charge in [-0.15, -0.1) is 6.58 Å². The number of imide groups is 1. The summed E-state index contributed by atoms with van der Waals surface area (Å²) in [6.07, 6.45) is 2.12. The van der Waals surface area contributed by atoms with Gasteiger partial charge in [0.25, 0.3) is 5.91 Å². The summed E-state index contributed by atoms with van der Waals surface area (Å²) in [5.74, 6) is -0.148. The van der Waals surface area contributed by atoms with Gasteiger partial charge in [0.1, 0.15) is 18.5 Å². The summed E-state index contributed by atoms with van der Waals surface area (Å²) in [6.45, 7) is 5.63. The van der Waals surface area contributed by atoms with Crippen LogP contribution in [-0.4, -0.2) is 71.8 Å². The Balaban J connectivity index is 1.65. The van der Waals surface area contributed by atoms with Crippen LogP contribution in [0.1, 0.15) is 6.42 Å². The first-order valence-electron chi connectivity index (χ1n) is 8.76. The Hall–Kier alpha value is -1.90. The van der Waals surface area contributed by atoms with Crippen molar-refractivity contribution >= 4 is 33.6 Å². The van der Waals surface area contributed by atoms with Crippen LogP contribution in [0.5, 0.6) is 0 Å². The number of halogens is 1. The molecule has 3 fully saturated rings. The smallest absolute Gasteiger partial charge is 0.328 e. The summed E-state index contributed by atoms with van der Waals surface area (Å²) in [4.78, 5) is 32.9. The van der Waals surface area contributed by atoms with Gasteiger partial charge in [-0.2, -0.15) is 0 Å². The fraction of sp³-hybridized carbons (Fsp3) is 0.444. The number of carbonyl (C=O) groups excluding carboxylic acids is 2. The molecule has 3 saturated heterocycles. The Bertz CT molecular complexity index is 740. The molecule has 0 aliphatic carbocycles. The number of nitrogens with one attached hydrogen (secondary N) is 1. The third-order valence-corrected chi connectivity index (χ3v) is 5.87. The molecule has 0 saturated carbocycles. The van der Waals surface area contributed by atoms with E-state index in [2.05, 4.69) is 49.8 Å². The standard InChI is InChI=1S/C18H22BrN5O2/c1-3-9-24-16(25)14-15(21(2)18(24)26)20-17-22(10-4-11-23(14)17)13-7-5-12(19)6-8-13/h3,5-8,14-15,17,20H,1,4,9-11H2,2H3. The molecule has 3 heterocycles. The Labute approximate surface area is 161 Å². The molecule has 1 aromatic rings. The summed E-state index contributed by atoms with van der Waals surface area (Å²) in [7, 11) is 1.75. The van der Waals surface area contributed by atoms with Crippen LogP contribution in [-0.2, 0) is 4.79 Å². The molecule has 26 heavy (non-hydrogen) atoms. The molecule has 3 amide bonds. The minimum Gasteiger partial charge on any atom is -0.343 e. The third kappa shape index (κ3) is 2.64. The van der Waals surface area contributed by atoms with Crippen LogP contribution in [0.25, 0.3) is 0 Å². The zero-order chi connectivity index (χ0) is 18.4. The molecule has 8 heteroatoms. The lowest BCUT2D eigenvalue weighted by molar-refractivity contribution is -0.138.